The van der Waals surface area contributed by atoms with Crippen LogP contribution in [0.1, 0.15) is 58.1 Å². The Labute approximate surface area is 113 Å². The second-order valence-corrected chi connectivity index (χ2v) is 6.41. The molecule has 0 bridgehead atoms. The normalized spacial score (nSPS) is 17.4. The van der Waals surface area contributed by atoms with Crippen LogP contribution in [0.4, 0.5) is 5.82 Å². The third-order valence-electron chi connectivity index (χ3n) is 3.90. The van der Waals surface area contributed by atoms with E-state index in [0.29, 0.717) is 11.7 Å². The van der Waals surface area contributed by atoms with E-state index in [2.05, 4.69) is 30.7 Å². The van der Waals surface area contributed by atoms with Crippen molar-refractivity contribution < 1.29 is 0 Å². The third-order valence-corrected chi connectivity index (χ3v) is 3.90. The van der Waals surface area contributed by atoms with Gasteiger partial charge in [0.05, 0.1) is 16.6 Å². The van der Waals surface area contributed by atoms with Gasteiger partial charge in [-0.15, -0.1) is 0 Å². The predicted octanol–water partition coefficient (Wildman–Crippen LogP) is 2.82. The van der Waals surface area contributed by atoms with Gasteiger partial charge in [0.1, 0.15) is 12.1 Å². The molecule has 1 saturated carbocycles. The largest absolute Gasteiger partial charge is 0.383 e. The first kappa shape index (κ1) is 12.4. The second-order valence-electron chi connectivity index (χ2n) is 6.41. The molecule has 0 saturated heterocycles. The van der Waals surface area contributed by atoms with E-state index in [4.69, 9.17) is 10.8 Å². The van der Waals surface area contributed by atoms with Gasteiger partial charge in [0, 0.05) is 5.92 Å². The summed E-state index contributed by atoms with van der Waals surface area (Å²) in [4.78, 5) is 8.56. The average molecular weight is 259 g/mol. The maximum Gasteiger partial charge on any atom is 0.164 e. The van der Waals surface area contributed by atoms with Gasteiger partial charge < -0.3 is 5.73 Å². The molecule has 0 radical (unpaired) electrons. The highest BCUT2D eigenvalue weighted by atomic mass is 15.3. The number of rotatable bonds is 1. The summed E-state index contributed by atoms with van der Waals surface area (Å²) in [5.41, 5.74) is 7.94. The molecule has 102 valence electrons. The Balaban J connectivity index is 2.27. The molecule has 5 heteroatoms. The Morgan fingerprint density at radius 3 is 2.53 bits per heavy atom. The van der Waals surface area contributed by atoms with Crippen LogP contribution in [0.5, 0.6) is 0 Å². The van der Waals surface area contributed by atoms with E-state index >= 15 is 0 Å². The molecule has 3 rings (SSSR count). The molecular weight excluding hydrogens is 238 g/mol. The molecule has 1 aliphatic carbocycles. The van der Waals surface area contributed by atoms with Crippen molar-refractivity contribution >= 4 is 16.9 Å². The maximum absolute atomic E-state index is 6.08. The van der Waals surface area contributed by atoms with Gasteiger partial charge in [0.25, 0.3) is 0 Å². The highest BCUT2D eigenvalue weighted by Gasteiger charge is 2.28. The molecule has 0 spiro atoms. The third kappa shape index (κ3) is 1.97. The summed E-state index contributed by atoms with van der Waals surface area (Å²) in [5, 5.41) is 5.80. The number of nitrogen functional groups attached to an aromatic ring is 1. The van der Waals surface area contributed by atoms with E-state index in [1.165, 1.54) is 32.0 Å². The lowest BCUT2D eigenvalue weighted by Gasteiger charge is -2.19. The molecular formula is C14H21N5. The zero-order valence-corrected chi connectivity index (χ0v) is 11.8. The smallest absolute Gasteiger partial charge is 0.164 e. The molecule has 0 amide bonds. The van der Waals surface area contributed by atoms with Crippen LogP contribution >= 0.6 is 0 Å². The van der Waals surface area contributed by atoms with Gasteiger partial charge in [-0.3, -0.25) is 0 Å². The molecule has 2 aromatic heterocycles. The SMILES string of the molecule is CC(C)(C)n1nc(C2CCCC2)c2c(N)ncnc21. The van der Waals surface area contributed by atoms with E-state index in [1.54, 1.807) is 0 Å². The fraction of sp³-hybridized carbons (Fsp3) is 0.643. The first-order valence-corrected chi connectivity index (χ1v) is 6.98. The second kappa shape index (κ2) is 4.18. The van der Waals surface area contributed by atoms with Gasteiger partial charge in [-0.05, 0) is 33.6 Å². The minimum absolute atomic E-state index is 0.101. The van der Waals surface area contributed by atoms with Crippen LogP contribution in [-0.2, 0) is 5.54 Å². The van der Waals surface area contributed by atoms with E-state index in [0.717, 1.165) is 16.7 Å². The van der Waals surface area contributed by atoms with Crippen LogP contribution in [0.15, 0.2) is 6.33 Å². The molecule has 0 aliphatic heterocycles. The number of aromatic nitrogens is 4. The van der Waals surface area contributed by atoms with Gasteiger partial charge in [-0.25, -0.2) is 14.6 Å². The van der Waals surface area contributed by atoms with Crippen molar-refractivity contribution in [2.24, 2.45) is 0 Å². The topological polar surface area (TPSA) is 69.6 Å². The molecule has 0 atom stereocenters. The van der Waals surface area contributed by atoms with Crippen LogP contribution in [0.3, 0.4) is 0 Å². The quantitative estimate of drug-likeness (QED) is 0.855. The molecule has 0 unspecified atom stereocenters. The first-order chi connectivity index (χ1) is 8.98. The lowest BCUT2D eigenvalue weighted by molar-refractivity contribution is 0.361. The Morgan fingerprint density at radius 2 is 1.89 bits per heavy atom. The van der Waals surface area contributed by atoms with E-state index in [-0.39, 0.29) is 5.54 Å². The lowest BCUT2D eigenvalue weighted by atomic mass is 10.0. The fourth-order valence-electron chi connectivity index (χ4n) is 2.95. The number of nitrogens with two attached hydrogens (primary N) is 1. The van der Waals surface area contributed by atoms with Crippen LogP contribution in [0, 0.1) is 0 Å². The van der Waals surface area contributed by atoms with Crippen molar-refractivity contribution in [3.63, 3.8) is 0 Å². The summed E-state index contributed by atoms with van der Waals surface area (Å²) in [6.07, 6.45) is 6.49. The van der Waals surface area contributed by atoms with Gasteiger partial charge in [0.15, 0.2) is 5.65 Å². The van der Waals surface area contributed by atoms with Gasteiger partial charge in [0.2, 0.25) is 0 Å². The van der Waals surface area contributed by atoms with Crippen LogP contribution in [-0.4, -0.2) is 19.7 Å². The van der Waals surface area contributed by atoms with Crippen molar-refractivity contribution in [1.82, 2.24) is 19.7 Å². The summed E-state index contributed by atoms with van der Waals surface area (Å²) in [6, 6.07) is 0. The number of nitrogens with zero attached hydrogens (tertiary/aromatic N) is 4. The van der Waals surface area contributed by atoms with Gasteiger partial charge in [-0.1, -0.05) is 12.8 Å². The van der Waals surface area contributed by atoms with Gasteiger partial charge in [-0.2, -0.15) is 5.10 Å². The Bertz CT molecular complexity index is 602. The summed E-state index contributed by atoms with van der Waals surface area (Å²) in [5.74, 6) is 1.07. The summed E-state index contributed by atoms with van der Waals surface area (Å²) >= 11 is 0. The number of fused-ring (bicyclic) bond motifs is 1. The number of anilines is 1. The molecule has 1 aliphatic rings. The Morgan fingerprint density at radius 1 is 1.21 bits per heavy atom. The van der Waals surface area contributed by atoms with E-state index in [1.807, 2.05) is 4.68 Å². The monoisotopic (exact) mass is 259 g/mol. The minimum Gasteiger partial charge on any atom is -0.383 e. The van der Waals surface area contributed by atoms with Crippen molar-refractivity contribution in [2.45, 2.75) is 57.9 Å². The number of hydrogen-bond acceptors (Lipinski definition) is 4. The van der Waals surface area contributed by atoms with Crippen molar-refractivity contribution in [2.75, 3.05) is 5.73 Å². The molecule has 2 N–H and O–H groups in total. The maximum atomic E-state index is 6.08. The molecule has 5 nitrogen and oxygen atoms in total. The summed E-state index contributed by atoms with van der Waals surface area (Å²) < 4.78 is 1.99. The zero-order chi connectivity index (χ0) is 13.6. The average Bonchev–Trinajstić information content (AvgIpc) is 2.94. The molecule has 2 heterocycles. The van der Waals surface area contributed by atoms with E-state index in [9.17, 15) is 0 Å². The van der Waals surface area contributed by atoms with Crippen LogP contribution in [0.2, 0.25) is 0 Å². The molecule has 19 heavy (non-hydrogen) atoms. The fourth-order valence-corrected chi connectivity index (χ4v) is 2.95. The van der Waals surface area contributed by atoms with Crippen molar-refractivity contribution in [3.05, 3.63) is 12.0 Å². The van der Waals surface area contributed by atoms with Crippen LogP contribution in [0.25, 0.3) is 11.0 Å². The Kier molecular flexibility index (Phi) is 2.73. The number of hydrogen-bond donors (Lipinski definition) is 1. The van der Waals surface area contributed by atoms with Gasteiger partial charge >= 0.3 is 0 Å². The Hall–Kier alpha value is -1.65. The standard InChI is InChI=1S/C14H21N5/c1-14(2,3)19-13-10(12(15)16-8-17-13)11(18-19)9-6-4-5-7-9/h8-9H,4-7H2,1-3H3,(H2,15,16,17). The van der Waals surface area contributed by atoms with E-state index < -0.39 is 0 Å². The molecule has 0 aromatic carbocycles. The predicted molar refractivity (Wildman–Crippen MR) is 75.9 cm³/mol. The minimum atomic E-state index is -0.101. The highest BCUT2D eigenvalue weighted by molar-refractivity contribution is 5.88. The summed E-state index contributed by atoms with van der Waals surface area (Å²) in [7, 11) is 0. The molecule has 1 fully saturated rings. The van der Waals surface area contributed by atoms with Crippen molar-refractivity contribution in [3.8, 4) is 0 Å². The lowest BCUT2D eigenvalue weighted by Crippen LogP contribution is -2.23. The molecule has 2 aromatic rings. The highest BCUT2D eigenvalue weighted by Crippen LogP contribution is 2.38. The zero-order valence-electron chi connectivity index (χ0n) is 11.8. The van der Waals surface area contributed by atoms with Crippen LogP contribution < -0.4 is 5.73 Å². The first-order valence-electron chi connectivity index (χ1n) is 6.98. The van der Waals surface area contributed by atoms with Crippen molar-refractivity contribution in [1.29, 1.82) is 0 Å². The summed E-state index contributed by atoms with van der Waals surface area (Å²) in [6.45, 7) is 6.41.